The fourth-order valence-corrected chi connectivity index (χ4v) is 2.97. The third-order valence-corrected chi connectivity index (χ3v) is 3.87. The summed E-state index contributed by atoms with van der Waals surface area (Å²) in [6.07, 6.45) is 3.55. The molecule has 0 spiro atoms. The molecule has 100 valence electrons. The predicted octanol–water partition coefficient (Wildman–Crippen LogP) is 3.20. The lowest BCUT2D eigenvalue weighted by atomic mass is 9.95. The van der Waals surface area contributed by atoms with E-state index in [-0.39, 0.29) is 6.04 Å². The van der Waals surface area contributed by atoms with E-state index in [1.807, 2.05) is 0 Å². The van der Waals surface area contributed by atoms with E-state index in [2.05, 4.69) is 49.9 Å². The van der Waals surface area contributed by atoms with Crippen LogP contribution in [0.5, 0.6) is 0 Å². The van der Waals surface area contributed by atoms with Crippen LogP contribution in [0.25, 0.3) is 0 Å². The molecule has 2 N–H and O–H groups in total. The number of aryl methyl sites for hydroxylation is 1. The summed E-state index contributed by atoms with van der Waals surface area (Å²) in [7, 11) is 0. The first-order valence-corrected chi connectivity index (χ1v) is 7.18. The highest BCUT2D eigenvalue weighted by Gasteiger charge is 2.24. The standard InChI is InChI=1S/C16H26N2/c1-12(2)10-15(17)11-18-13(3)8-9-14-6-4-5-7-16(14)18/h4-7,12-13,15H,8-11,17H2,1-3H3. The SMILES string of the molecule is CC(C)CC(N)CN1c2ccccc2CCC1C. The topological polar surface area (TPSA) is 29.3 Å². The molecule has 0 radical (unpaired) electrons. The summed E-state index contributed by atoms with van der Waals surface area (Å²) in [5.41, 5.74) is 9.16. The van der Waals surface area contributed by atoms with E-state index in [0.717, 1.165) is 13.0 Å². The van der Waals surface area contributed by atoms with E-state index in [1.54, 1.807) is 0 Å². The number of nitrogens with two attached hydrogens (primary N) is 1. The Morgan fingerprint density at radius 1 is 1.33 bits per heavy atom. The highest BCUT2D eigenvalue weighted by atomic mass is 15.2. The van der Waals surface area contributed by atoms with Gasteiger partial charge in [-0.25, -0.2) is 0 Å². The third-order valence-electron chi connectivity index (χ3n) is 3.87. The molecule has 0 fully saturated rings. The molecule has 0 amide bonds. The lowest BCUT2D eigenvalue weighted by Gasteiger charge is -2.39. The van der Waals surface area contributed by atoms with Crippen LogP contribution in [0.3, 0.4) is 0 Å². The van der Waals surface area contributed by atoms with Crippen LogP contribution in [0.1, 0.15) is 39.2 Å². The van der Waals surface area contributed by atoms with Gasteiger partial charge in [0.05, 0.1) is 0 Å². The van der Waals surface area contributed by atoms with Gasteiger partial charge in [-0.1, -0.05) is 32.0 Å². The predicted molar refractivity (Wildman–Crippen MR) is 79.0 cm³/mol. The minimum atomic E-state index is 0.276. The summed E-state index contributed by atoms with van der Waals surface area (Å²) in [5, 5.41) is 0. The fourth-order valence-electron chi connectivity index (χ4n) is 2.97. The highest BCUT2D eigenvalue weighted by Crippen LogP contribution is 2.30. The maximum absolute atomic E-state index is 6.28. The molecule has 18 heavy (non-hydrogen) atoms. The van der Waals surface area contributed by atoms with Gasteiger partial charge in [0.25, 0.3) is 0 Å². The summed E-state index contributed by atoms with van der Waals surface area (Å²) in [6, 6.07) is 9.66. The molecule has 1 aromatic carbocycles. The second-order valence-electron chi connectivity index (χ2n) is 6.06. The zero-order valence-electron chi connectivity index (χ0n) is 11.9. The zero-order chi connectivity index (χ0) is 13.1. The van der Waals surface area contributed by atoms with Crippen LogP contribution >= 0.6 is 0 Å². The first-order valence-electron chi connectivity index (χ1n) is 7.18. The Labute approximate surface area is 111 Å². The summed E-state index contributed by atoms with van der Waals surface area (Å²) in [6.45, 7) is 7.79. The van der Waals surface area contributed by atoms with E-state index < -0.39 is 0 Å². The maximum atomic E-state index is 6.28. The molecular weight excluding hydrogens is 220 g/mol. The van der Waals surface area contributed by atoms with Crippen LogP contribution in [0.4, 0.5) is 5.69 Å². The van der Waals surface area contributed by atoms with Crippen molar-refractivity contribution in [3.63, 3.8) is 0 Å². The molecule has 0 saturated heterocycles. The van der Waals surface area contributed by atoms with Crippen LogP contribution in [0.15, 0.2) is 24.3 Å². The van der Waals surface area contributed by atoms with E-state index in [9.17, 15) is 0 Å². The van der Waals surface area contributed by atoms with Gasteiger partial charge in [0.1, 0.15) is 0 Å². The normalized spacial score (nSPS) is 20.9. The van der Waals surface area contributed by atoms with Gasteiger partial charge >= 0.3 is 0 Å². The molecule has 1 aliphatic rings. The van der Waals surface area contributed by atoms with Crippen molar-refractivity contribution >= 4 is 5.69 Å². The van der Waals surface area contributed by atoms with Crippen molar-refractivity contribution in [1.29, 1.82) is 0 Å². The molecule has 0 aromatic heterocycles. The molecule has 2 rings (SSSR count). The summed E-state index contributed by atoms with van der Waals surface area (Å²) in [4.78, 5) is 2.51. The number of fused-ring (bicyclic) bond motifs is 1. The molecule has 1 aromatic rings. The van der Waals surface area contributed by atoms with Crippen molar-refractivity contribution in [3.05, 3.63) is 29.8 Å². The minimum absolute atomic E-state index is 0.276. The number of rotatable bonds is 4. The zero-order valence-corrected chi connectivity index (χ0v) is 11.9. The molecule has 2 unspecified atom stereocenters. The van der Waals surface area contributed by atoms with E-state index >= 15 is 0 Å². The second-order valence-corrected chi connectivity index (χ2v) is 6.06. The van der Waals surface area contributed by atoms with Gasteiger partial charge in [-0.05, 0) is 43.7 Å². The summed E-state index contributed by atoms with van der Waals surface area (Å²) in [5.74, 6) is 0.676. The number of anilines is 1. The van der Waals surface area contributed by atoms with Crippen molar-refractivity contribution in [1.82, 2.24) is 0 Å². The molecule has 0 aliphatic carbocycles. The van der Waals surface area contributed by atoms with Gasteiger partial charge in [-0.2, -0.15) is 0 Å². The summed E-state index contributed by atoms with van der Waals surface area (Å²) < 4.78 is 0. The monoisotopic (exact) mass is 246 g/mol. The quantitative estimate of drug-likeness (QED) is 0.884. The molecule has 1 aliphatic heterocycles. The minimum Gasteiger partial charge on any atom is -0.367 e. The van der Waals surface area contributed by atoms with Crippen molar-refractivity contribution in [2.24, 2.45) is 11.7 Å². The molecule has 2 nitrogen and oxygen atoms in total. The van der Waals surface area contributed by atoms with Crippen LogP contribution in [-0.2, 0) is 6.42 Å². The average molecular weight is 246 g/mol. The van der Waals surface area contributed by atoms with Crippen LogP contribution in [-0.4, -0.2) is 18.6 Å². The molecule has 2 atom stereocenters. The average Bonchev–Trinajstić information content (AvgIpc) is 2.32. The van der Waals surface area contributed by atoms with Crippen LogP contribution in [0.2, 0.25) is 0 Å². The van der Waals surface area contributed by atoms with Gasteiger partial charge < -0.3 is 10.6 Å². The van der Waals surface area contributed by atoms with Gasteiger partial charge in [0.2, 0.25) is 0 Å². The van der Waals surface area contributed by atoms with Gasteiger partial charge in [0.15, 0.2) is 0 Å². The highest BCUT2D eigenvalue weighted by molar-refractivity contribution is 5.56. The number of para-hydroxylation sites is 1. The lowest BCUT2D eigenvalue weighted by Crippen LogP contribution is -2.45. The molecule has 0 bridgehead atoms. The number of hydrogen-bond donors (Lipinski definition) is 1. The fraction of sp³-hybridized carbons (Fsp3) is 0.625. The van der Waals surface area contributed by atoms with Gasteiger partial charge in [-0.15, -0.1) is 0 Å². The molecule has 2 heteroatoms. The lowest BCUT2D eigenvalue weighted by molar-refractivity contribution is 0.461. The largest absolute Gasteiger partial charge is 0.367 e. The Bertz CT molecular complexity index is 386. The first kappa shape index (κ1) is 13.4. The van der Waals surface area contributed by atoms with Gasteiger partial charge in [-0.3, -0.25) is 0 Å². The van der Waals surface area contributed by atoms with E-state index in [0.29, 0.717) is 12.0 Å². The third kappa shape index (κ3) is 3.05. The van der Waals surface area contributed by atoms with Crippen LogP contribution < -0.4 is 10.6 Å². The van der Waals surface area contributed by atoms with Crippen LogP contribution in [0, 0.1) is 5.92 Å². The van der Waals surface area contributed by atoms with Crippen molar-refractivity contribution in [2.75, 3.05) is 11.4 Å². The number of hydrogen-bond acceptors (Lipinski definition) is 2. The van der Waals surface area contributed by atoms with Gasteiger partial charge in [0, 0.05) is 24.3 Å². The summed E-state index contributed by atoms with van der Waals surface area (Å²) >= 11 is 0. The molecule has 0 saturated carbocycles. The second kappa shape index (κ2) is 5.75. The Morgan fingerprint density at radius 3 is 2.78 bits per heavy atom. The smallest absolute Gasteiger partial charge is 0.0401 e. The first-order chi connectivity index (χ1) is 8.58. The van der Waals surface area contributed by atoms with Crippen molar-refractivity contribution in [3.8, 4) is 0 Å². The number of nitrogens with zero attached hydrogens (tertiary/aromatic N) is 1. The molecular formula is C16H26N2. The van der Waals surface area contributed by atoms with Crippen molar-refractivity contribution in [2.45, 2.75) is 52.1 Å². The van der Waals surface area contributed by atoms with E-state index in [1.165, 1.54) is 24.1 Å². The van der Waals surface area contributed by atoms with E-state index in [4.69, 9.17) is 5.73 Å². The Hall–Kier alpha value is -1.02. The Kier molecular flexibility index (Phi) is 4.28. The Morgan fingerprint density at radius 2 is 2.06 bits per heavy atom. The Balaban J connectivity index is 2.11. The number of benzene rings is 1. The maximum Gasteiger partial charge on any atom is 0.0401 e. The van der Waals surface area contributed by atoms with Crippen molar-refractivity contribution < 1.29 is 0 Å². The molecule has 1 heterocycles.